The van der Waals surface area contributed by atoms with E-state index in [1.54, 1.807) is 0 Å². The molecule has 1 unspecified atom stereocenters. The van der Waals surface area contributed by atoms with Crippen molar-refractivity contribution >= 4 is 0 Å². The topological polar surface area (TPSA) is 41.3 Å². The first kappa shape index (κ1) is 12.9. The molecule has 3 heteroatoms. The fraction of sp³-hybridized carbons (Fsp3) is 1.00. The molecule has 1 aliphatic heterocycles. The van der Waals surface area contributed by atoms with E-state index in [2.05, 4.69) is 31.1 Å². The number of nitrogens with one attached hydrogen (secondary N) is 1. The largest absolute Gasteiger partial charge is 0.330 e. The maximum Gasteiger partial charge on any atom is 0.0137 e. The highest BCUT2D eigenvalue weighted by Gasteiger charge is 2.20. The van der Waals surface area contributed by atoms with Gasteiger partial charge in [-0.15, -0.1) is 0 Å². The normalized spacial score (nSPS) is 23.6. The monoisotopic (exact) mass is 213 g/mol. The van der Waals surface area contributed by atoms with Crippen molar-refractivity contribution in [2.24, 2.45) is 11.7 Å². The Kier molecular flexibility index (Phi) is 5.03. The molecule has 3 N–H and O–H groups in total. The van der Waals surface area contributed by atoms with E-state index in [1.165, 1.54) is 25.9 Å². The summed E-state index contributed by atoms with van der Waals surface area (Å²) in [6, 6.07) is 0. The zero-order chi connectivity index (χ0) is 11.3. The molecule has 0 aromatic rings. The molecule has 1 atom stereocenters. The summed E-state index contributed by atoms with van der Waals surface area (Å²) < 4.78 is 0. The summed E-state index contributed by atoms with van der Waals surface area (Å²) in [5.74, 6) is 0.899. The maximum absolute atomic E-state index is 5.58. The molecule has 90 valence electrons. The lowest BCUT2D eigenvalue weighted by molar-refractivity contribution is 0.339. The number of hydrogen-bond donors (Lipinski definition) is 2. The fourth-order valence-corrected chi connectivity index (χ4v) is 2.33. The summed E-state index contributed by atoms with van der Waals surface area (Å²) in [6.45, 7) is 8.93. The van der Waals surface area contributed by atoms with Crippen LogP contribution in [0.25, 0.3) is 0 Å². The Bertz CT molecular complexity index is 180. The quantitative estimate of drug-likeness (QED) is 0.693. The molecule has 1 saturated heterocycles. The zero-order valence-electron chi connectivity index (χ0n) is 10.6. The molecule has 1 fully saturated rings. The van der Waals surface area contributed by atoms with Crippen molar-refractivity contribution in [2.45, 2.75) is 38.6 Å². The van der Waals surface area contributed by atoms with E-state index in [1.807, 2.05) is 0 Å². The number of nitrogens with two attached hydrogens (primary N) is 1. The minimum absolute atomic E-state index is 0.208. The molecule has 0 aromatic carbocycles. The predicted molar refractivity (Wildman–Crippen MR) is 66.0 cm³/mol. The summed E-state index contributed by atoms with van der Waals surface area (Å²) in [7, 11) is 2.21. The molecule has 0 radical (unpaired) electrons. The summed E-state index contributed by atoms with van der Waals surface area (Å²) in [4.78, 5) is 2.43. The molecule has 3 nitrogen and oxygen atoms in total. The van der Waals surface area contributed by atoms with Gasteiger partial charge in [-0.1, -0.05) is 0 Å². The number of rotatable bonds is 6. The molecule has 1 aliphatic rings. The van der Waals surface area contributed by atoms with E-state index in [0.29, 0.717) is 0 Å². The van der Waals surface area contributed by atoms with Crippen LogP contribution < -0.4 is 11.1 Å². The summed E-state index contributed by atoms with van der Waals surface area (Å²) >= 11 is 0. The van der Waals surface area contributed by atoms with Gasteiger partial charge in [0.1, 0.15) is 0 Å². The fourth-order valence-electron chi connectivity index (χ4n) is 2.33. The van der Waals surface area contributed by atoms with E-state index in [9.17, 15) is 0 Å². The van der Waals surface area contributed by atoms with E-state index >= 15 is 0 Å². The second-order valence-electron chi connectivity index (χ2n) is 5.55. The van der Waals surface area contributed by atoms with Crippen LogP contribution in [-0.4, -0.2) is 43.7 Å². The van der Waals surface area contributed by atoms with E-state index in [4.69, 9.17) is 5.73 Å². The first-order chi connectivity index (χ1) is 7.03. The van der Waals surface area contributed by atoms with Gasteiger partial charge in [-0.05, 0) is 65.7 Å². The summed E-state index contributed by atoms with van der Waals surface area (Å²) in [5, 5.41) is 3.60. The van der Waals surface area contributed by atoms with Crippen molar-refractivity contribution < 1.29 is 0 Å². The molecule has 0 spiro atoms. The SMILES string of the molecule is CN1CCC(CCNC(C)(C)CCN)C1. The first-order valence-electron chi connectivity index (χ1n) is 6.17. The molecule has 0 amide bonds. The number of likely N-dealkylation sites (tertiary alicyclic amines) is 1. The molecule has 0 bridgehead atoms. The van der Waals surface area contributed by atoms with Crippen LogP contribution in [0.5, 0.6) is 0 Å². The van der Waals surface area contributed by atoms with Gasteiger partial charge in [0.15, 0.2) is 0 Å². The maximum atomic E-state index is 5.58. The Labute approximate surface area is 94.4 Å². The number of nitrogens with zero attached hydrogens (tertiary/aromatic N) is 1. The lowest BCUT2D eigenvalue weighted by Gasteiger charge is -2.26. The molecule has 0 aromatic heterocycles. The first-order valence-corrected chi connectivity index (χ1v) is 6.17. The Morgan fingerprint density at radius 1 is 1.47 bits per heavy atom. The van der Waals surface area contributed by atoms with Crippen molar-refractivity contribution in [1.82, 2.24) is 10.2 Å². The van der Waals surface area contributed by atoms with Crippen LogP contribution in [0.3, 0.4) is 0 Å². The predicted octanol–water partition coefficient (Wildman–Crippen LogP) is 1.05. The van der Waals surface area contributed by atoms with E-state index in [0.717, 1.165) is 25.4 Å². The third kappa shape index (κ3) is 4.96. The van der Waals surface area contributed by atoms with Gasteiger partial charge in [0.25, 0.3) is 0 Å². The number of hydrogen-bond acceptors (Lipinski definition) is 3. The highest BCUT2D eigenvalue weighted by atomic mass is 15.1. The van der Waals surface area contributed by atoms with Crippen molar-refractivity contribution in [2.75, 3.05) is 33.2 Å². The van der Waals surface area contributed by atoms with Crippen LogP contribution in [0.4, 0.5) is 0 Å². The van der Waals surface area contributed by atoms with Crippen molar-refractivity contribution in [3.63, 3.8) is 0 Å². The van der Waals surface area contributed by atoms with Gasteiger partial charge < -0.3 is 16.0 Å². The molecular weight excluding hydrogens is 186 g/mol. The Morgan fingerprint density at radius 2 is 2.20 bits per heavy atom. The van der Waals surface area contributed by atoms with Crippen LogP contribution in [0, 0.1) is 5.92 Å². The van der Waals surface area contributed by atoms with Crippen LogP contribution in [0.2, 0.25) is 0 Å². The molecule has 1 heterocycles. The summed E-state index contributed by atoms with van der Waals surface area (Å²) in [6.07, 6.45) is 3.73. The van der Waals surface area contributed by atoms with Crippen molar-refractivity contribution in [3.05, 3.63) is 0 Å². The van der Waals surface area contributed by atoms with Gasteiger partial charge in [0.2, 0.25) is 0 Å². The van der Waals surface area contributed by atoms with Crippen LogP contribution >= 0.6 is 0 Å². The van der Waals surface area contributed by atoms with E-state index < -0.39 is 0 Å². The highest BCUT2D eigenvalue weighted by molar-refractivity contribution is 4.79. The molecule has 0 saturated carbocycles. The lowest BCUT2D eigenvalue weighted by atomic mass is 9.99. The van der Waals surface area contributed by atoms with Crippen LogP contribution in [-0.2, 0) is 0 Å². The van der Waals surface area contributed by atoms with Gasteiger partial charge in [0, 0.05) is 12.1 Å². The zero-order valence-corrected chi connectivity index (χ0v) is 10.6. The second-order valence-corrected chi connectivity index (χ2v) is 5.55. The smallest absolute Gasteiger partial charge is 0.0137 e. The van der Waals surface area contributed by atoms with Gasteiger partial charge >= 0.3 is 0 Å². The Balaban J connectivity index is 2.10. The van der Waals surface area contributed by atoms with Gasteiger partial charge in [-0.2, -0.15) is 0 Å². The van der Waals surface area contributed by atoms with E-state index in [-0.39, 0.29) is 5.54 Å². The highest BCUT2D eigenvalue weighted by Crippen LogP contribution is 2.17. The molecular formula is C12H27N3. The minimum atomic E-state index is 0.208. The molecule has 0 aliphatic carbocycles. The standard InChI is InChI=1S/C12H27N3/c1-12(2,6-7-13)14-8-4-11-5-9-15(3)10-11/h11,14H,4-10,13H2,1-3H3. The van der Waals surface area contributed by atoms with Crippen molar-refractivity contribution in [1.29, 1.82) is 0 Å². The Morgan fingerprint density at radius 3 is 2.73 bits per heavy atom. The van der Waals surface area contributed by atoms with Crippen LogP contribution in [0.1, 0.15) is 33.1 Å². The third-order valence-corrected chi connectivity index (χ3v) is 3.41. The minimum Gasteiger partial charge on any atom is -0.330 e. The third-order valence-electron chi connectivity index (χ3n) is 3.41. The van der Waals surface area contributed by atoms with Gasteiger partial charge in [-0.25, -0.2) is 0 Å². The summed E-state index contributed by atoms with van der Waals surface area (Å²) in [5.41, 5.74) is 5.79. The second kappa shape index (κ2) is 5.83. The van der Waals surface area contributed by atoms with Gasteiger partial charge in [0.05, 0.1) is 0 Å². The van der Waals surface area contributed by atoms with Crippen molar-refractivity contribution in [3.8, 4) is 0 Å². The average Bonchev–Trinajstić information content (AvgIpc) is 2.51. The van der Waals surface area contributed by atoms with Gasteiger partial charge in [-0.3, -0.25) is 0 Å². The Hall–Kier alpha value is -0.120. The average molecular weight is 213 g/mol. The lowest BCUT2D eigenvalue weighted by Crippen LogP contribution is -2.42. The molecule has 1 rings (SSSR count). The molecule has 15 heavy (non-hydrogen) atoms. The van der Waals surface area contributed by atoms with Crippen LogP contribution in [0.15, 0.2) is 0 Å².